The second kappa shape index (κ2) is 4.97. The Kier molecular flexibility index (Phi) is 3.91. The molecule has 0 unspecified atom stereocenters. The van der Waals surface area contributed by atoms with Crippen molar-refractivity contribution in [3.8, 4) is 0 Å². The molecule has 0 aliphatic carbocycles. The summed E-state index contributed by atoms with van der Waals surface area (Å²) in [6.45, 7) is 3.18. The number of nitrogens with zero attached hydrogens (tertiary/aromatic N) is 2. The van der Waals surface area contributed by atoms with Gasteiger partial charge in [-0.15, -0.1) is 12.4 Å². The summed E-state index contributed by atoms with van der Waals surface area (Å²) in [5.74, 6) is 0. The summed E-state index contributed by atoms with van der Waals surface area (Å²) in [6, 6.07) is 0. The second-order valence-electron chi connectivity index (χ2n) is 2.88. The summed E-state index contributed by atoms with van der Waals surface area (Å²) in [4.78, 5) is 19.0. The molecular weight excluding hydrogens is 206 g/mol. The van der Waals surface area contributed by atoms with Crippen LogP contribution < -0.4 is 10.6 Å². The second-order valence-corrected chi connectivity index (χ2v) is 2.88. The van der Waals surface area contributed by atoms with E-state index in [4.69, 9.17) is 4.74 Å². The molecule has 0 bridgehead atoms. The van der Waals surface area contributed by atoms with Gasteiger partial charge < -0.3 is 14.6 Å². The Bertz CT molecular complexity index is 315. The summed E-state index contributed by atoms with van der Waals surface area (Å²) in [5.41, 5.74) is 0.639. The van der Waals surface area contributed by atoms with Crippen molar-refractivity contribution in [1.29, 1.82) is 0 Å². The van der Waals surface area contributed by atoms with Gasteiger partial charge in [0.15, 0.2) is 0 Å². The van der Waals surface area contributed by atoms with Gasteiger partial charge in [0.05, 0.1) is 25.1 Å². The van der Waals surface area contributed by atoms with E-state index in [0.717, 1.165) is 32.0 Å². The van der Waals surface area contributed by atoms with E-state index in [-0.39, 0.29) is 18.1 Å². The Balaban J connectivity index is 0.000000980. The third-order valence-corrected chi connectivity index (χ3v) is 2.03. The van der Waals surface area contributed by atoms with Crippen molar-refractivity contribution in [1.82, 2.24) is 9.97 Å². The lowest BCUT2D eigenvalue weighted by atomic mass is 10.4. The van der Waals surface area contributed by atoms with E-state index in [1.807, 2.05) is 0 Å². The quantitative estimate of drug-likeness (QED) is 0.721. The van der Waals surface area contributed by atoms with Gasteiger partial charge in [0.25, 0.3) is 0 Å². The monoisotopic (exact) mass is 217 g/mol. The molecule has 0 spiro atoms. The van der Waals surface area contributed by atoms with E-state index in [9.17, 15) is 4.79 Å². The SMILES string of the molecule is Cl.O=c1ncc(N2CCOCC2)c[nH]1. The summed E-state index contributed by atoms with van der Waals surface area (Å²) >= 11 is 0. The minimum absolute atomic E-state index is 0. The van der Waals surface area contributed by atoms with Crippen LogP contribution >= 0.6 is 12.4 Å². The molecule has 1 fully saturated rings. The van der Waals surface area contributed by atoms with E-state index < -0.39 is 0 Å². The maximum absolute atomic E-state index is 10.7. The third-order valence-electron chi connectivity index (χ3n) is 2.03. The molecule has 1 aromatic rings. The van der Waals surface area contributed by atoms with Gasteiger partial charge in [0, 0.05) is 19.3 Å². The third kappa shape index (κ3) is 2.46. The number of halogens is 1. The van der Waals surface area contributed by atoms with Crippen LogP contribution in [0.2, 0.25) is 0 Å². The smallest absolute Gasteiger partial charge is 0.345 e. The van der Waals surface area contributed by atoms with Crippen molar-refractivity contribution in [2.75, 3.05) is 31.2 Å². The van der Waals surface area contributed by atoms with E-state index in [0.29, 0.717) is 0 Å². The maximum atomic E-state index is 10.7. The number of rotatable bonds is 1. The highest BCUT2D eigenvalue weighted by Crippen LogP contribution is 2.10. The molecule has 0 atom stereocenters. The molecule has 2 heterocycles. The zero-order valence-corrected chi connectivity index (χ0v) is 8.42. The number of ether oxygens (including phenoxy) is 1. The minimum Gasteiger partial charge on any atom is -0.378 e. The number of hydrogen-bond acceptors (Lipinski definition) is 4. The summed E-state index contributed by atoms with van der Waals surface area (Å²) in [5, 5.41) is 0. The summed E-state index contributed by atoms with van der Waals surface area (Å²) < 4.78 is 5.21. The van der Waals surface area contributed by atoms with Crippen LogP contribution in [0, 0.1) is 0 Å². The molecule has 1 aliphatic rings. The van der Waals surface area contributed by atoms with Crippen molar-refractivity contribution in [2.45, 2.75) is 0 Å². The standard InChI is InChI=1S/C8H11N3O2.ClH/c12-8-9-5-7(6-10-8)11-1-3-13-4-2-11;/h5-6H,1-4H2,(H,9,10,12);1H. The fourth-order valence-corrected chi connectivity index (χ4v) is 1.33. The first-order valence-electron chi connectivity index (χ1n) is 4.24. The number of morpholine rings is 1. The molecule has 1 aromatic heterocycles. The lowest BCUT2D eigenvalue weighted by Gasteiger charge is -2.27. The molecule has 0 radical (unpaired) electrons. The van der Waals surface area contributed by atoms with Crippen LogP contribution in [0.4, 0.5) is 5.69 Å². The zero-order valence-electron chi connectivity index (χ0n) is 7.60. The van der Waals surface area contributed by atoms with Crippen molar-refractivity contribution < 1.29 is 4.74 Å². The molecular formula is C8H12ClN3O2. The average Bonchev–Trinajstić information content (AvgIpc) is 2.20. The Morgan fingerprint density at radius 3 is 2.71 bits per heavy atom. The summed E-state index contributed by atoms with van der Waals surface area (Å²) in [7, 11) is 0. The van der Waals surface area contributed by atoms with Gasteiger partial charge in [-0.2, -0.15) is 4.98 Å². The molecule has 78 valence electrons. The van der Waals surface area contributed by atoms with Crippen LogP contribution in [0.3, 0.4) is 0 Å². The molecule has 0 amide bonds. The molecule has 0 saturated carbocycles. The van der Waals surface area contributed by atoms with Crippen LogP contribution in [0.25, 0.3) is 0 Å². The zero-order chi connectivity index (χ0) is 9.10. The number of nitrogens with one attached hydrogen (secondary N) is 1. The fraction of sp³-hybridized carbons (Fsp3) is 0.500. The molecule has 5 nitrogen and oxygen atoms in total. The first-order valence-corrected chi connectivity index (χ1v) is 4.24. The van der Waals surface area contributed by atoms with Gasteiger partial charge in [-0.1, -0.05) is 0 Å². The Labute approximate surface area is 87.5 Å². The molecule has 1 N–H and O–H groups in total. The topological polar surface area (TPSA) is 58.2 Å². The minimum atomic E-state index is -0.308. The van der Waals surface area contributed by atoms with E-state index >= 15 is 0 Å². The largest absolute Gasteiger partial charge is 0.378 e. The highest BCUT2D eigenvalue weighted by molar-refractivity contribution is 5.85. The number of anilines is 1. The first kappa shape index (κ1) is 11.0. The van der Waals surface area contributed by atoms with Gasteiger partial charge in [0.1, 0.15) is 0 Å². The van der Waals surface area contributed by atoms with Crippen molar-refractivity contribution in [2.24, 2.45) is 0 Å². The lowest BCUT2D eigenvalue weighted by molar-refractivity contribution is 0.122. The van der Waals surface area contributed by atoms with Crippen LogP contribution in [0.15, 0.2) is 17.2 Å². The Morgan fingerprint density at radius 1 is 1.43 bits per heavy atom. The van der Waals surface area contributed by atoms with Gasteiger partial charge in [-0.3, -0.25) is 0 Å². The highest BCUT2D eigenvalue weighted by Gasteiger charge is 2.10. The number of H-pyrrole nitrogens is 1. The average molecular weight is 218 g/mol. The van der Waals surface area contributed by atoms with Crippen molar-refractivity contribution >= 4 is 18.1 Å². The fourth-order valence-electron chi connectivity index (χ4n) is 1.33. The predicted octanol–water partition coefficient (Wildman–Crippen LogP) is 0.0283. The maximum Gasteiger partial charge on any atom is 0.345 e. The first-order chi connectivity index (χ1) is 6.36. The summed E-state index contributed by atoms with van der Waals surface area (Å²) in [6.07, 6.45) is 3.27. The Hall–Kier alpha value is -1.07. The lowest BCUT2D eigenvalue weighted by Crippen LogP contribution is -2.36. The number of aromatic nitrogens is 2. The van der Waals surface area contributed by atoms with E-state index in [1.54, 1.807) is 12.4 Å². The molecule has 0 aromatic carbocycles. The van der Waals surface area contributed by atoms with Gasteiger partial charge in [-0.25, -0.2) is 4.79 Å². The van der Waals surface area contributed by atoms with Gasteiger partial charge in [-0.05, 0) is 0 Å². The molecule has 14 heavy (non-hydrogen) atoms. The van der Waals surface area contributed by atoms with Crippen LogP contribution in [0.1, 0.15) is 0 Å². The van der Waals surface area contributed by atoms with E-state index in [2.05, 4.69) is 14.9 Å². The molecule has 2 rings (SSSR count). The van der Waals surface area contributed by atoms with Crippen LogP contribution in [0.5, 0.6) is 0 Å². The highest BCUT2D eigenvalue weighted by atomic mass is 35.5. The van der Waals surface area contributed by atoms with Gasteiger partial charge in [0.2, 0.25) is 0 Å². The normalized spacial score (nSPS) is 16.1. The number of aromatic amines is 1. The molecule has 1 aliphatic heterocycles. The van der Waals surface area contributed by atoms with Gasteiger partial charge >= 0.3 is 5.69 Å². The predicted molar refractivity (Wildman–Crippen MR) is 55.1 cm³/mol. The van der Waals surface area contributed by atoms with Crippen molar-refractivity contribution in [3.05, 3.63) is 22.9 Å². The molecule has 1 saturated heterocycles. The Morgan fingerprint density at radius 2 is 2.14 bits per heavy atom. The van der Waals surface area contributed by atoms with Crippen molar-refractivity contribution in [3.63, 3.8) is 0 Å². The number of hydrogen-bond donors (Lipinski definition) is 1. The molecule has 6 heteroatoms. The van der Waals surface area contributed by atoms with Crippen LogP contribution in [-0.4, -0.2) is 36.3 Å². The van der Waals surface area contributed by atoms with Crippen LogP contribution in [-0.2, 0) is 4.74 Å². The van der Waals surface area contributed by atoms with E-state index in [1.165, 1.54) is 0 Å².